The highest BCUT2D eigenvalue weighted by molar-refractivity contribution is 5.81. The summed E-state index contributed by atoms with van der Waals surface area (Å²) in [5, 5.41) is 3.37. The van der Waals surface area contributed by atoms with E-state index in [9.17, 15) is 4.79 Å². The van der Waals surface area contributed by atoms with Crippen molar-refractivity contribution in [2.75, 3.05) is 0 Å². The maximum absolute atomic E-state index is 11.0. The first-order valence-electron chi connectivity index (χ1n) is 3.79. The lowest BCUT2D eigenvalue weighted by molar-refractivity contribution is -0.122. The summed E-state index contributed by atoms with van der Waals surface area (Å²) in [4.78, 5) is 11.0. The molecule has 1 saturated heterocycles. The predicted octanol–water partition coefficient (Wildman–Crippen LogP) is 1.11. The second-order valence-electron chi connectivity index (χ2n) is 3.85. The molecule has 0 aromatic carbocycles. The van der Waals surface area contributed by atoms with Crippen LogP contribution in [0.1, 0.15) is 33.6 Å². The first-order chi connectivity index (χ1) is 4.49. The van der Waals surface area contributed by atoms with E-state index in [1.807, 2.05) is 0 Å². The normalized spacial score (nSPS) is 32.3. The summed E-state index contributed by atoms with van der Waals surface area (Å²) in [6.07, 6.45) is 1.38. The lowest BCUT2D eigenvalue weighted by atomic mass is 9.89. The molecule has 1 unspecified atom stereocenters. The number of carbonyl (C=O) groups excluding carboxylic acids is 1. The number of rotatable bonds is 0. The van der Waals surface area contributed by atoms with Crippen LogP contribution < -0.4 is 5.32 Å². The van der Waals surface area contributed by atoms with Crippen LogP contribution in [0.2, 0.25) is 0 Å². The van der Waals surface area contributed by atoms with Gasteiger partial charge >= 0.3 is 0 Å². The van der Waals surface area contributed by atoms with Crippen LogP contribution in [0.5, 0.6) is 0 Å². The standard InChI is InChI=1S/C8H15NO/c1-6-4-7(10)5-8(2,3)9-6/h6,9H,4-5H2,1-3H3. The summed E-state index contributed by atoms with van der Waals surface area (Å²) >= 11 is 0. The fourth-order valence-electron chi connectivity index (χ4n) is 1.68. The maximum Gasteiger partial charge on any atom is 0.136 e. The van der Waals surface area contributed by atoms with Gasteiger partial charge in [-0.2, -0.15) is 0 Å². The summed E-state index contributed by atoms with van der Waals surface area (Å²) in [6, 6.07) is 0.358. The second kappa shape index (κ2) is 2.35. The Morgan fingerprint density at radius 3 is 2.60 bits per heavy atom. The highest BCUT2D eigenvalue weighted by Gasteiger charge is 2.29. The van der Waals surface area contributed by atoms with Crippen LogP contribution in [0.25, 0.3) is 0 Å². The van der Waals surface area contributed by atoms with E-state index in [1.165, 1.54) is 0 Å². The number of hydrogen-bond acceptors (Lipinski definition) is 2. The van der Waals surface area contributed by atoms with Crippen molar-refractivity contribution in [3.63, 3.8) is 0 Å². The van der Waals surface area contributed by atoms with E-state index in [1.54, 1.807) is 0 Å². The Morgan fingerprint density at radius 1 is 1.60 bits per heavy atom. The van der Waals surface area contributed by atoms with Gasteiger partial charge < -0.3 is 5.32 Å². The maximum atomic E-state index is 11.0. The minimum Gasteiger partial charge on any atom is -0.308 e. The lowest BCUT2D eigenvalue weighted by Crippen LogP contribution is -2.51. The van der Waals surface area contributed by atoms with Gasteiger partial charge in [-0.15, -0.1) is 0 Å². The molecule has 0 spiro atoms. The number of carbonyl (C=O) groups is 1. The third-order valence-electron chi connectivity index (χ3n) is 1.81. The summed E-state index contributed by atoms with van der Waals surface area (Å²) < 4.78 is 0. The Kier molecular flexibility index (Phi) is 1.82. The SMILES string of the molecule is CC1CC(=O)CC(C)(C)N1. The van der Waals surface area contributed by atoms with E-state index in [0.717, 1.165) is 0 Å². The molecule has 10 heavy (non-hydrogen) atoms. The van der Waals surface area contributed by atoms with Crippen molar-refractivity contribution < 1.29 is 4.79 Å². The molecule has 0 bridgehead atoms. The molecule has 2 nitrogen and oxygen atoms in total. The van der Waals surface area contributed by atoms with Gasteiger partial charge in [0, 0.05) is 24.4 Å². The highest BCUT2D eigenvalue weighted by atomic mass is 16.1. The summed E-state index contributed by atoms with van der Waals surface area (Å²) in [5.74, 6) is 0.385. The first kappa shape index (κ1) is 7.73. The zero-order valence-electron chi connectivity index (χ0n) is 6.90. The van der Waals surface area contributed by atoms with Gasteiger partial charge in [0.25, 0.3) is 0 Å². The number of nitrogens with one attached hydrogen (secondary N) is 1. The molecule has 1 aliphatic rings. The molecule has 0 aromatic rings. The lowest BCUT2D eigenvalue weighted by Gasteiger charge is -2.34. The molecular weight excluding hydrogens is 126 g/mol. The van der Waals surface area contributed by atoms with Crippen molar-refractivity contribution in [3.8, 4) is 0 Å². The van der Waals surface area contributed by atoms with Gasteiger partial charge in [0.05, 0.1) is 0 Å². The number of hydrogen-bond donors (Lipinski definition) is 1. The van der Waals surface area contributed by atoms with E-state index in [4.69, 9.17) is 0 Å². The Balaban J connectivity index is 2.59. The molecule has 1 aliphatic heterocycles. The Bertz CT molecular complexity index is 151. The molecule has 0 saturated carbocycles. The molecule has 0 aromatic heterocycles. The third kappa shape index (κ3) is 1.81. The van der Waals surface area contributed by atoms with E-state index in [0.29, 0.717) is 24.7 Å². The fourth-order valence-corrected chi connectivity index (χ4v) is 1.68. The minimum atomic E-state index is 0.0226. The smallest absolute Gasteiger partial charge is 0.136 e. The number of Topliss-reactive ketones (excluding diaryl/α,β-unsaturated/α-hetero) is 1. The van der Waals surface area contributed by atoms with Crippen LogP contribution in [0.15, 0.2) is 0 Å². The summed E-state index contributed by atoms with van der Waals surface area (Å²) in [5.41, 5.74) is 0.0226. The van der Waals surface area contributed by atoms with Crippen LogP contribution in [0, 0.1) is 0 Å². The van der Waals surface area contributed by atoms with Gasteiger partial charge in [-0.25, -0.2) is 0 Å². The molecule has 1 rings (SSSR count). The van der Waals surface area contributed by atoms with Crippen LogP contribution in [-0.4, -0.2) is 17.4 Å². The average Bonchev–Trinajstić information content (AvgIpc) is 1.54. The monoisotopic (exact) mass is 141 g/mol. The van der Waals surface area contributed by atoms with Gasteiger partial charge in [-0.1, -0.05) is 0 Å². The fraction of sp³-hybridized carbons (Fsp3) is 0.875. The predicted molar refractivity (Wildman–Crippen MR) is 40.9 cm³/mol. The van der Waals surface area contributed by atoms with Crippen LogP contribution in [-0.2, 0) is 4.79 Å². The molecule has 1 atom stereocenters. The van der Waals surface area contributed by atoms with Crippen LogP contribution >= 0.6 is 0 Å². The van der Waals surface area contributed by atoms with E-state index >= 15 is 0 Å². The van der Waals surface area contributed by atoms with Gasteiger partial charge in [-0.05, 0) is 20.8 Å². The number of piperidine rings is 1. The molecule has 2 heteroatoms. The summed E-state index contributed by atoms with van der Waals surface area (Å²) in [7, 11) is 0. The Hall–Kier alpha value is -0.370. The molecular formula is C8H15NO. The molecule has 58 valence electrons. The van der Waals surface area contributed by atoms with Crippen molar-refractivity contribution in [1.82, 2.24) is 5.32 Å². The van der Waals surface area contributed by atoms with Crippen molar-refractivity contribution in [1.29, 1.82) is 0 Å². The molecule has 1 fully saturated rings. The second-order valence-corrected chi connectivity index (χ2v) is 3.85. The Morgan fingerprint density at radius 2 is 2.20 bits per heavy atom. The zero-order valence-corrected chi connectivity index (χ0v) is 6.90. The zero-order chi connectivity index (χ0) is 7.78. The van der Waals surface area contributed by atoms with E-state index < -0.39 is 0 Å². The van der Waals surface area contributed by atoms with Crippen molar-refractivity contribution in [3.05, 3.63) is 0 Å². The molecule has 0 radical (unpaired) electrons. The molecule has 0 amide bonds. The molecule has 1 heterocycles. The molecule has 1 N–H and O–H groups in total. The van der Waals surface area contributed by atoms with Crippen molar-refractivity contribution in [2.24, 2.45) is 0 Å². The largest absolute Gasteiger partial charge is 0.308 e. The van der Waals surface area contributed by atoms with Gasteiger partial charge in [0.1, 0.15) is 5.78 Å². The van der Waals surface area contributed by atoms with Crippen molar-refractivity contribution in [2.45, 2.75) is 45.2 Å². The number of ketones is 1. The topological polar surface area (TPSA) is 29.1 Å². The van der Waals surface area contributed by atoms with E-state index in [2.05, 4.69) is 26.1 Å². The third-order valence-corrected chi connectivity index (χ3v) is 1.81. The van der Waals surface area contributed by atoms with Gasteiger partial charge in [0.15, 0.2) is 0 Å². The quantitative estimate of drug-likeness (QED) is 0.547. The van der Waals surface area contributed by atoms with Crippen LogP contribution in [0.4, 0.5) is 0 Å². The van der Waals surface area contributed by atoms with Crippen molar-refractivity contribution >= 4 is 5.78 Å². The van der Waals surface area contributed by atoms with Gasteiger partial charge in [-0.3, -0.25) is 4.79 Å². The highest BCUT2D eigenvalue weighted by Crippen LogP contribution is 2.17. The van der Waals surface area contributed by atoms with Gasteiger partial charge in [0.2, 0.25) is 0 Å². The Labute approximate surface area is 62.0 Å². The average molecular weight is 141 g/mol. The molecule has 0 aliphatic carbocycles. The first-order valence-corrected chi connectivity index (χ1v) is 3.79. The van der Waals surface area contributed by atoms with Crippen LogP contribution in [0.3, 0.4) is 0 Å². The summed E-state index contributed by atoms with van der Waals surface area (Å²) in [6.45, 7) is 6.19. The van der Waals surface area contributed by atoms with E-state index in [-0.39, 0.29) is 5.54 Å². The minimum absolute atomic E-state index is 0.0226.